The Hall–Kier alpha value is -2.56. The SMILES string of the molecule is CCOC(=O)c1cn[nH]c1NS(=O)(=O)c1cccc(C(F)(F)F)c1. The van der Waals surface area contributed by atoms with Crippen molar-refractivity contribution in [2.75, 3.05) is 11.3 Å². The number of esters is 1. The molecule has 0 amide bonds. The highest BCUT2D eigenvalue weighted by Crippen LogP contribution is 2.31. The summed E-state index contributed by atoms with van der Waals surface area (Å²) in [7, 11) is -4.37. The molecule has 0 unspecified atom stereocenters. The van der Waals surface area contributed by atoms with Gasteiger partial charge < -0.3 is 4.74 Å². The highest BCUT2D eigenvalue weighted by molar-refractivity contribution is 7.92. The second-order valence-corrected chi connectivity index (χ2v) is 6.19. The van der Waals surface area contributed by atoms with E-state index in [0.29, 0.717) is 6.07 Å². The Balaban J connectivity index is 2.34. The average molecular weight is 363 g/mol. The van der Waals surface area contributed by atoms with Gasteiger partial charge in [0.25, 0.3) is 10.0 Å². The van der Waals surface area contributed by atoms with Gasteiger partial charge in [-0.25, -0.2) is 13.2 Å². The van der Waals surface area contributed by atoms with Gasteiger partial charge in [0.05, 0.1) is 23.3 Å². The number of H-pyrrole nitrogens is 1. The van der Waals surface area contributed by atoms with Crippen LogP contribution in [0.5, 0.6) is 0 Å². The number of rotatable bonds is 5. The zero-order chi connectivity index (χ0) is 18.0. The smallest absolute Gasteiger partial charge is 0.416 e. The van der Waals surface area contributed by atoms with Crippen molar-refractivity contribution in [1.82, 2.24) is 10.2 Å². The fraction of sp³-hybridized carbons (Fsp3) is 0.231. The normalized spacial score (nSPS) is 12.0. The molecular weight excluding hydrogens is 351 g/mol. The van der Waals surface area contributed by atoms with Crippen molar-refractivity contribution in [3.05, 3.63) is 41.6 Å². The minimum atomic E-state index is -4.68. The Bertz CT molecular complexity index is 846. The Labute approximate surface area is 134 Å². The Morgan fingerprint density at radius 1 is 1.38 bits per heavy atom. The Morgan fingerprint density at radius 2 is 2.08 bits per heavy atom. The molecule has 2 rings (SSSR count). The highest BCUT2D eigenvalue weighted by Gasteiger charge is 2.32. The highest BCUT2D eigenvalue weighted by atomic mass is 32.2. The number of halogens is 3. The van der Waals surface area contributed by atoms with Crippen molar-refractivity contribution in [1.29, 1.82) is 0 Å². The van der Waals surface area contributed by atoms with Gasteiger partial charge in [-0.3, -0.25) is 9.82 Å². The second kappa shape index (κ2) is 6.51. The van der Waals surface area contributed by atoms with Crippen LogP contribution in [0.25, 0.3) is 0 Å². The standard InChI is InChI=1S/C13H12F3N3O4S/c1-2-23-12(20)10-7-17-18-11(10)19-24(21,22)9-5-3-4-8(6-9)13(14,15)16/h3-7H,2H2,1H3,(H2,17,18,19). The van der Waals surface area contributed by atoms with E-state index in [9.17, 15) is 26.4 Å². The number of anilines is 1. The molecule has 0 saturated heterocycles. The molecule has 0 bridgehead atoms. The number of alkyl halides is 3. The number of nitrogens with one attached hydrogen (secondary N) is 2. The van der Waals surface area contributed by atoms with Crippen molar-refractivity contribution >= 4 is 21.8 Å². The van der Waals surface area contributed by atoms with Crippen LogP contribution in [-0.4, -0.2) is 31.2 Å². The van der Waals surface area contributed by atoms with Crippen LogP contribution < -0.4 is 4.72 Å². The van der Waals surface area contributed by atoms with Crippen LogP contribution in [0.4, 0.5) is 19.0 Å². The van der Waals surface area contributed by atoms with Gasteiger partial charge in [0.2, 0.25) is 0 Å². The van der Waals surface area contributed by atoms with E-state index < -0.39 is 32.6 Å². The van der Waals surface area contributed by atoms with E-state index in [0.717, 1.165) is 24.4 Å². The number of aromatic nitrogens is 2. The molecule has 130 valence electrons. The lowest BCUT2D eigenvalue weighted by Gasteiger charge is -2.11. The summed E-state index contributed by atoms with van der Waals surface area (Å²) >= 11 is 0. The number of carbonyl (C=O) groups is 1. The zero-order valence-corrected chi connectivity index (χ0v) is 13.0. The first-order valence-electron chi connectivity index (χ1n) is 6.55. The van der Waals surface area contributed by atoms with E-state index in [1.54, 1.807) is 6.92 Å². The minimum Gasteiger partial charge on any atom is -0.462 e. The molecular formula is C13H12F3N3O4S. The van der Waals surface area contributed by atoms with E-state index in [1.807, 2.05) is 4.72 Å². The van der Waals surface area contributed by atoms with Crippen LogP contribution >= 0.6 is 0 Å². The van der Waals surface area contributed by atoms with Crippen LogP contribution in [0.2, 0.25) is 0 Å². The first kappa shape index (κ1) is 17.8. The molecule has 0 fully saturated rings. The molecule has 7 nitrogen and oxygen atoms in total. The number of carbonyl (C=O) groups excluding carboxylic acids is 1. The summed E-state index contributed by atoms with van der Waals surface area (Å²) in [4.78, 5) is 11.1. The fourth-order valence-corrected chi connectivity index (χ4v) is 2.84. The van der Waals surface area contributed by atoms with Gasteiger partial charge in [-0.2, -0.15) is 18.3 Å². The summed E-state index contributed by atoms with van der Waals surface area (Å²) in [6, 6.07) is 3.20. The average Bonchev–Trinajstić information content (AvgIpc) is 2.94. The molecule has 0 atom stereocenters. The molecule has 0 spiro atoms. The lowest BCUT2D eigenvalue weighted by atomic mass is 10.2. The quantitative estimate of drug-likeness (QED) is 0.795. The van der Waals surface area contributed by atoms with Crippen molar-refractivity contribution in [2.45, 2.75) is 18.0 Å². The molecule has 11 heteroatoms. The molecule has 0 saturated carbocycles. The lowest BCUT2D eigenvalue weighted by Crippen LogP contribution is -2.17. The lowest BCUT2D eigenvalue weighted by molar-refractivity contribution is -0.137. The Kier molecular flexibility index (Phi) is 4.83. The van der Waals surface area contributed by atoms with Gasteiger partial charge >= 0.3 is 12.1 Å². The summed E-state index contributed by atoms with van der Waals surface area (Å²) in [6.07, 6.45) is -3.64. The molecule has 0 aliphatic carbocycles. The molecule has 1 aromatic carbocycles. The maximum absolute atomic E-state index is 12.7. The number of aromatic amines is 1. The van der Waals surface area contributed by atoms with E-state index in [4.69, 9.17) is 4.74 Å². The summed E-state index contributed by atoms with van der Waals surface area (Å²) in [5.41, 5.74) is -1.30. The maximum Gasteiger partial charge on any atom is 0.416 e. The first-order chi connectivity index (χ1) is 11.1. The number of nitrogens with zero attached hydrogens (tertiary/aromatic N) is 1. The van der Waals surface area contributed by atoms with Crippen LogP contribution in [0.1, 0.15) is 22.8 Å². The number of ether oxygens (including phenoxy) is 1. The maximum atomic E-state index is 12.7. The predicted molar refractivity (Wildman–Crippen MR) is 76.8 cm³/mol. The number of hydrogen-bond donors (Lipinski definition) is 2. The Morgan fingerprint density at radius 3 is 2.71 bits per heavy atom. The van der Waals surface area contributed by atoms with E-state index in [1.165, 1.54) is 0 Å². The molecule has 1 aromatic heterocycles. The van der Waals surface area contributed by atoms with Crippen molar-refractivity contribution in [3.8, 4) is 0 Å². The molecule has 2 aromatic rings. The number of benzene rings is 1. The largest absolute Gasteiger partial charge is 0.462 e. The monoisotopic (exact) mass is 363 g/mol. The van der Waals surface area contributed by atoms with E-state index in [2.05, 4.69) is 10.2 Å². The molecule has 0 aliphatic heterocycles. The van der Waals surface area contributed by atoms with Gasteiger partial charge in [-0.05, 0) is 25.1 Å². The van der Waals surface area contributed by atoms with Gasteiger partial charge in [-0.1, -0.05) is 6.07 Å². The predicted octanol–water partition coefficient (Wildman–Crippen LogP) is 2.41. The van der Waals surface area contributed by atoms with Gasteiger partial charge in [-0.15, -0.1) is 0 Å². The summed E-state index contributed by atoms with van der Waals surface area (Å²) < 4.78 is 69.3. The van der Waals surface area contributed by atoms with Crippen LogP contribution in [-0.2, 0) is 20.9 Å². The second-order valence-electron chi connectivity index (χ2n) is 4.51. The van der Waals surface area contributed by atoms with Crippen LogP contribution in [0, 0.1) is 0 Å². The summed E-state index contributed by atoms with van der Waals surface area (Å²) in [5, 5.41) is 5.78. The summed E-state index contributed by atoms with van der Waals surface area (Å²) in [6.45, 7) is 1.62. The third-order valence-electron chi connectivity index (χ3n) is 2.84. The van der Waals surface area contributed by atoms with Crippen molar-refractivity contribution < 1.29 is 31.1 Å². The van der Waals surface area contributed by atoms with E-state index >= 15 is 0 Å². The number of sulfonamides is 1. The first-order valence-corrected chi connectivity index (χ1v) is 8.04. The van der Waals surface area contributed by atoms with Crippen LogP contribution in [0.3, 0.4) is 0 Å². The van der Waals surface area contributed by atoms with Crippen molar-refractivity contribution in [3.63, 3.8) is 0 Å². The van der Waals surface area contributed by atoms with E-state index in [-0.39, 0.29) is 18.0 Å². The number of hydrogen-bond acceptors (Lipinski definition) is 5. The molecule has 0 radical (unpaired) electrons. The van der Waals surface area contributed by atoms with Gasteiger partial charge in [0.1, 0.15) is 11.4 Å². The van der Waals surface area contributed by atoms with Crippen molar-refractivity contribution in [2.24, 2.45) is 0 Å². The molecule has 2 N–H and O–H groups in total. The molecule has 1 heterocycles. The fourth-order valence-electron chi connectivity index (χ4n) is 1.76. The summed E-state index contributed by atoms with van der Waals surface area (Å²) in [5.74, 6) is -1.13. The van der Waals surface area contributed by atoms with Crippen LogP contribution in [0.15, 0.2) is 35.4 Å². The molecule has 0 aliphatic rings. The topological polar surface area (TPSA) is 101 Å². The third-order valence-corrected chi connectivity index (χ3v) is 4.19. The van der Waals surface area contributed by atoms with Gasteiger partial charge in [0, 0.05) is 0 Å². The van der Waals surface area contributed by atoms with Gasteiger partial charge in [0.15, 0.2) is 0 Å². The third kappa shape index (κ3) is 3.85. The molecule has 24 heavy (non-hydrogen) atoms. The zero-order valence-electron chi connectivity index (χ0n) is 12.2. The minimum absolute atomic E-state index is 0.0594.